The quantitative estimate of drug-likeness (QED) is 0.788. The summed E-state index contributed by atoms with van der Waals surface area (Å²) in [6.45, 7) is 2.43. The molecule has 1 spiro atoms. The number of amides is 1. The summed E-state index contributed by atoms with van der Waals surface area (Å²) in [4.78, 5) is 24.4. The van der Waals surface area contributed by atoms with Crippen LogP contribution in [0.4, 0.5) is 5.69 Å². The summed E-state index contributed by atoms with van der Waals surface area (Å²) in [5, 5.41) is 2.75. The molecular weight excluding hydrogens is 366 g/mol. The first kappa shape index (κ1) is 19.0. The highest BCUT2D eigenvalue weighted by molar-refractivity contribution is 5.95. The number of rotatable bonds is 4. The monoisotopic (exact) mass is 391 g/mol. The summed E-state index contributed by atoms with van der Waals surface area (Å²) in [5.41, 5.74) is 0.556. The molecule has 1 N–H and O–H groups in total. The van der Waals surface area contributed by atoms with E-state index in [9.17, 15) is 9.59 Å². The molecule has 2 aliphatic heterocycles. The molecule has 28 heavy (non-hydrogen) atoms. The number of carbonyl (C=O) groups is 2. The first-order valence-electron chi connectivity index (χ1n) is 9.77. The van der Waals surface area contributed by atoms with Crippen LogP contribution in [-0.2, 0) is 23.8 Å². The van der Waals surface area contributed by atoms with E-state index in [2.05, 4.69) is 5.32 Å². The summed E-state index contributed by atoms with van der Waals surface area (Å²) in [7, 11) is 0. The number of nitrogens with one attached hydrogen (secondary N) is 1. The highest BCUT2D eigenvalue weighted by Gasteiger charge is 2.42. The summed E-state index contributed by atoms with van der Waals surface area (Å²) in [6.07, 6.45) is 3.33. The topological polar surface area (TPSA) is 92.3 Å². The second-order valence-corrected chi connectivity index (χ2v) is 7.34. The number of benzene rings is 1. The van der Waals surface area contributed by atoms with Crippen molar-refractivity contribution in [2.24, 2.45) is 0 Å². The van der Waals surface area contributed by atoms with Crippen molar-refractivity contribution in [3.05, 3.63) is 18.2 Å². The molecule has 0 aromatic heterocycles. The van der Waals surface area contributed by atoms with E-state index < -0.39 is 29.9 Å². The van der Waals surface area contributed by atoms with E-state index in [1.807, 2.05) is 0 Å². The van der Waals surface area contributed by atoms with Crippen LogP contribution in [0.3, 0.4) is 0 Å². The van der Waals surface area contributed by atoms with Crippen molar-refractivity contribution in [1.82, 2.24) is 0 Å². The van der Waals surface area contributed by atoms with Gasteiger partial charge in [-0.25, -0.2) is 4.79 Å². The van der Waals surface area contributed by atoms with E-state index in [1.54, 1.807) is 18.2 Å². The van der Waals surface area contributed by atoms with Gasteiger partial charge >= 0.3 is 5.97 Å². The third kappa shape index (κ3) is 4.07. The van der Waals surface area contributed by atoms with Crippen LogP contribution in [0.2, 0.25) is 0 Å². The smallest absolute Gasteiger partial charge is 0.338 e. The Morgan fingerprint density at radius 2 is 1.93 bits per heavy atom. The van der Waals surface area contributed by atoms with Crippen molar-refractivity contribution >= 4 is 17.6 Å². The molecular formula is C20H25NO7. The maximum Gasteiger partial charge on any atom is 0.338 e. The highest BCUT2D eigenvalue weighted by atomic mass is 16.7. The van der Waals surface area contributed by atoms with E-state index in [-0.39, 0.29) is 6.61 Å². The standard InChI is InChI=1S/C20H25NO7/c1-13(26-19(23)17-12-24-9-10-25-17)18(22)21-14-5-6-15-16(11-14)28-20(27-15)7-3-2-4-8-20/h5-6,11,13,17H,2-4,7-10,12H2,1H3,(H,21,22)/t13-,17-/m1/s1. The van der Waals surface area contributed by atoms with Gasteiger partial charge in [0, 0.05) is 24.6 Å². The minimum atomic E-state index is -0.965. The third-order valence-corrected chi connectivity index (χ3v) is 5.16. The van der Waals surface area contributed by atoms with Gasteiger partial charge in [0.2, 0.25) is 0 Å². The van der Waals surface area contributed by atoms with E-state index in [1.165, 1.54) is 13.3 Å². The number of hydrogen-bond donors (Lipinski definition) is 1. The zero-order valence-corrected chi connectivity index (χ0v) is 15.9. The molecule has 1 aromatic rings. The summed E-state index contributed by atoms with van der Waals surface area (Å²) in [6, 6.07) is 5.27. The lowest BCUT2D eigenvalue weighted by atomic mass is 9.94. The zero-order chi connectivity index (χ0) is 19.6. The Bertz CT molecular complexity index is 738. The fourth-order valence-corrected chi connectivity index (χ4v) is 3.64. The van der Waals surface area contributed by atoms with Gasteiger partial charge in [-0.3, -0.25) is 4.79 Å². The van der Waals surface area contributed by atoms with Crippen LogP contribution in [-0.4, -0.2) is 49.7 Å². The number of hydrogen-bond acceptors (Lipinski definition) is 7. The minimum Gasteiger partial charge on any atom is -0.451 e. The largest absolute Gasteiger partial charge is 0.451 e. The van der Waals surface area contributed by atoms with Gasteiger partial charge in [0.1, 0.15) is 0 Å². The van der Waals surface area contributed by atoms with E-state index >= 15 is 0 Å². The molecule has 1 saturated heterocycles. The molecule has 0 unspecified atom stereocenters. The fraction of sp³-hybridized carbons (Fsp3) is 0.600. The Kier molecular flexibility index (Phi) is 5.41. The Labute approximate surface area is 163 Å². The summed E-state index contributed by atoms with van der Waals surface area (Å²) < 4.78 is 27.8. The van der Waals surface area contributed by atoms with Crippen molar-refractivity contribution < 1.29 is 33.3 Å². The number of esters is 1. The van der Waals surface area contributed by atoms with Crippen LogP contribution in [0, 0.1) is 0 Å². The van der Waals surface area contributed by atoms with E-state index in [0.717, 1.165) is 25.7 Å². The first-order chi connectivity index (χ1) is 13.5. The Morgan fingerprint density at radius 1 is 1.14 bits per heavy atom. The molecule has 3 aliphatic rings. The lowest BCUT2D eigenvalue weighted by Gasteiger charge is -2.31. The maximum atomic E-state index is 12.4. The average Bonchev–Trinajstić information content (AvgIpc) is 3.05. The van der Waals surface area contributed by atoms with Gasteiger partial charge in [-0.15, -0.1) is 0 Å². The molecule has 4 rings (SSSR count). The normalized spacial score (nSPS) is 23.8. The van der Waals surface area contributed by atoms with Gasteiger partial charge < -0.3 is 29.0 Å². The molecule has 2 fully saturated rings. The van der Waals surface area contributed by atoms with E-state index in [4.69, 9.17) is 23.7 Å². The van der Waals surface area contributed by atoms with Crippen molar-refractivity contribution in [2.45, 2.75) is 57.0 Å². The number of fused-ring (bicyclic) bond motifs is 1. The molecule has 1 amide bonds. The third-order valence-electron chi connectivity index (χ3n) is 5.16. The maximum absolute atomic E-state index is 12.4. The lowest BCUT2D eigenvalue weighted by molar-refractivity contribution is -0.176. The molecule has 152 valence electrons. The summed E-state index contributed by atoms with van der Waals surface area (Å²) in [5.74, 6) is -0.289. The fourth-order valence-electron chi connectivity index (χ4n) is 3.64. The van der Waals surface area contributed by atoms with Crippen LogP contribution < -0.4 is 14.8 Å². The van der Waals surface area contributed by atoms with Gasteiger partial charge in [-0.05, 0) is 31.9 Å². The predicted octanol–water partition coefficient (Wildman–Crippen LogP) is 2.40. The van der Waals surface area contributed by atoms with Crippen LogP contribution in [0.1, 0.15) is 39.0 Å². The first-order valence-corrected chi connectivity index (χ1v) is 9.77. The molecule has 2 atom stereocenters. The number of carbonyl (C=O) groups excluding carboxylic acids is 2. The molecule has 2 heterocycles. The van der Waals surface area contributed by atoms with Gasteiger partial charge in [-0.1, -0.05) is 6.42 Å². The second-order valence-electron chi connectivity index (χ2n) is 7.34. The zero-order valence-electron chi connectivity index (χ0n) is 15.9. The summed E-state index contributed by atoms with van der Waals surface area (Å²) >= 11 is 0. The van der Waals surface area contributed by atoms with Crippen LogP contribution in [0.5, 0.6) is 11.5 Å². The van der Waals surface area contributed by atoms with Crippen molar-refractivity contribution in [3.8, 4) is 11.5 Å². The Balaban J connectivity index is 1.34. The Hall–Kier alpha value is -2.32. The average molecular weight is 391 g/mol. The number of anilines is 1. The molecule has 8 nitrogen and oxygen atoms in total. The van der Waals surface area contributed by atoms with Gasteiger partial charge in [0.05, 0.1) is 19.8 Å². The van der Waals surface area contributed by atoms with Crippen molar-refractivity contribution in [2.75, 3.05) is 25.1 Å². The highest BCUT2D eigenvalue weighted by Crippen LogP contribution is 2.46. The minimum absolute atomic E-state index is 0.136. The van der Waals surface area contributed by atoms with Gasteiger partial charge in [0.15, 0.2) is 23.7 Å². The molecule has 0 radical (unpaired) electrons. The Morgan fingerprint density at radius 3 is 2.68 bits per heavy atom. The van der Waals surface area contributed by atoms with E-state index in [0.29, 0.717) is 30.4 Å². The second kappa shape index (κ2) is 7.97. The molecule has 1 aromatic carbocycles. The molecule has 0 bridgehead atoms. The lowest BCUT2D eigenvalue weighted by Crippen LogP contribution is -2.40. The number of ether oxygens (including phenoxy) is 5. The molecule has 8 heteroatoms. The predicted molar refractivity (Wildman–Crippen MR) is 98.3 cm³/mol. The SMILES string of the molecule is C[C@@H](OC(=O)[C@H]1COCCO1)C(=O)Nc1ccc2c(c1)OC1(CCCCC1)O2. The van der Waals surface area contributed by atoms with Crippen molar-refractivity contribution in [3.63, 3.8) is 0 Å². The molecule has 1 aliphatic carbocycles. The van der Waals surface area contributed by atoms with Crippen LogP contribution >= 0.6 is 0 Å². The van der Waals surface area contributed by atoms with Crippen LogP contribution in [0.25, 0.3) is 0 Å². The van der Waals surface area contributed by atoms with Crippen molar-refractivity contribution in [1.29, 1.82) is 0 Å². The molecule has 1 saturated carbocycles. The van der Waals surface area contributed by atoms with Gasteiger partial charge in [0.25, 0.3) is 11.7 Å². The van der Waals surface area contributed by atoms with Gasteiger partial charge in [-0.2, -0.15) is 0 Å². The van der Waals surface area contributed by atoms with Crippen LogP contribution in [0.15, 0.2) is 18.2 Å².